The van der Waals surface area contributed by atoms with Gasteiger partial charge in [-0.3, -0.25) is 14.6 Å². The van der Waals surface area contributed by atoms with E-state index in [0.717, 1.165) is 31.3 Å². The number of carbonyl (C=O) groups is 1. The predicted octanol–water partition coefficient (Wildman–Crippen LogP) is 1.18. The van der Waals surface area contributed by atoms with E-state index < -0.39 is 0 Å². The molecule has 6 nitrogen and oxygen atoms in total. The molecule has 0 spiro atoms. The van der Waals surface area contributed by atoms with Crippen molar-refractivity contribution in [2.45, 2.75) is 30.6 Å². The van der Waals surface area contributed by atoms with Gasteiger partial charge in [0.1, 0.15) is 0 Å². The summed E-state index contributed by atoms with van der Waals surface area (Å²) in [6.45, 7) is 4.58. The minimum Gasteiger partial charge on any atom is -0.348 e. The van der Waals surface area contributed by atoms with Gasteiger partial charge in [-0.05, 0) is 25.0 Å². The standard InChI is InChI=1S/C17H27N5OS/c1-20(2)16(23)12-21-8-13-4-5-15(11-21)22(9-13)10-14-6-18-17(24-3)19-7-14/h6-7,13,15H,4-5,8-12H2,1-3H3/t13-,15+/m1/s1. The number of amides is 1. The fraction of sp³-hybridized carbons (Fsp3) is 0.706. The van der Waals surface area contributed by atoms with Crippen LogP contribution in [0.25, 0.3) is 0 Å². The Labute approximate surface area is 148 Å². The highest BCUT2D eigenvalue weighted by molar-refractivity contribution is 7.98. The highest BCUT2D eigenvalue weighted by Gasteiger charge is 2.35. The molecule has 7 heteroatoms. The third kappa shape index (κ3) is 4.26. The van der Waals surface area contributed by atoms with Gasteiger partial charge in [0.15, 0.2) is 5.16 Å². The van der Waals surface area contributed by atoms with Crippen molar-refractivity contribution in [3.8, 4) is 0 Å². The van der Waals surface area contributed by atoms with Crippen LogP contribution >= 0.6 is 11.8 Å². The number of thioether (sulfide) groups is 1. The first-order valence-corrected chi connectivity index (χ1v) is 9.79. The van der Waals surface area contributed by atoms with E-state index in [-0.39, 0.29) is 5.91 Å². The van der Waals surface area contributed by atoms with Gasteiger partial charge in [0.05, 0.1) is 6.54 Å². The lowest BCUT2D eigenvalue weighted by molar-refractivity contribution is -0.130. The number of piperidine rings is 1. The van der Waals surface area contributed by atoms with Crippen molar-refractivity contribution >= 4 is 17.7 Å². The average molecular weight is 350 g/mol. The maximum absolute atomic E-state index is 12.0. The van der Waals surface area contributed by atoms with Crippen LogP contribution in [-0.2, 0) is 11.3 Å². The molecule has 0 radical (unpaired) electrons. The van der Waals surface area contributed by atoms with Gasteiger partial charge in [0.2, 0.25) is 5.91 Å². The Morgan fingerprint density at radius 3 is 2.67 bits per heavy atom. The molecule has 132 valence electrons. The highest BCUT2D eigenvalue weighted by Crippen LogP contribution is 2.29. The average Bonchev–Trinajstić information content (AvgIpc) is 2.86. The quantitative estimate of drug-likeness (QED) is 0.588. The molecule has 1 aromatic rings. The molecule has 2 bridgehead atoms. The van der Waals surface area contributed by atoms with Crippen molar-refractivity contribution in [3.63, 3.8) is 0 Å². The van der Waals surface area contributed by atoms with Crippen LogP contribution in [0.4, 0.5) is 0 Å². The Bertz CT molecular complexity index is 565. The van der Waals surface area contributed by atoms with Crippen molar-refractivity contribution in [2.24, 2.45) is 5.92 Å². The number of nitrogens with zero attached hydrogens (tertiary/aromatic N) is 5. The van der Waals surface area contributed by atoms with Gasteiger partial charge in [-0.25, -0.2) is 9.97 Å². The largest absolute Gasteiger partial charge is 0.348 e. The Morgan fingerprint density at radius 1 is 1.25 bits per heavy atom. The number of aromatic nitrogens is 2. The summed E-state index contributed by atoms with van der Waals surface area (Å²) in [6, 6.07) is 0.527. The number of hydrogen-bond donors (Lipinski definition) is 0. The van der Waals surface area contributed by atoms with Crippen LogP contribution in [0.2, 0.25) is 0 Å². The molecule has 0 aromatic carbocycles. The van der Waals surface area contributed by atoms with Crippen molar-refractivity contribution in [2.75, 3.05) is 46.5 Å². The summed E-state index contributed by atoms with van der Waals surface area (Å²) in [7, 11) is 3.67. The second-order valence-electron chi connectivity index (χ2n) is 7.09. The van der Waals surface area contributed by atoms with Crippen LogP contribution in [0.5, 0.6) is 0 Å². The molecule has 3 aliphatic rings. The van der Waals surface area contributed by atoms with Crippen LogP contribution in [0.1, 0.15) is 18.4 Å². The van der Waals surface area contributed by atoms with E-state index in [1.54, 1.807) is 16.7 Å². The fourth-order valence-electron chi connectivity index (χ4n) is 3.70. The van der Waals surface area contributed by atoms with E-state index in [0.29, 0.717) is 18.5 Å². The number of fused-ring (bicyclic) bond motifs is 4. The van der Waals surface area contributed by atoms with Crippen LogP contribution in [-0.4, -0.2) is 83.1 Å². The normalized spacial score (nSPS) is 24.8. The van der Waals surface area contributed by atoms with Crippen LogP contribution in [0, 0.1) is 5.92 Å². The zero-order valence-corrected chi connectivity index (χ0v) is 15.6. The monoisotopic (exact) mass is 349 g/mol. The number of hydrogen-bond acceptors (Lipinski definition) is 6. The molecular formula is C17H27N5OS. The zero-order valence-electron chi connectivity index (χ0n) is 14.8. The molecule has 3 aliphatic heterocycles. The number of likely N-dealkylation sites (N-methyl/N-ethyl adjacent to an activating group) is 1. The molecule has 0 unspecified atom stereocenters. The zero-order chi connectivity index (χ0) is 17.1. The molecule has 0 saturated carbocycles. The predicted molar refractivity (Wildman–Crippen MR) is 95.9 cm³/mol. The minimum absolute atomic E-state index is 0.198. The molecule has 4 rings (SSSR count). The first-order valence-electron chi connectivity index (χ1n) is 8.56. The van der Waals surface area contributed by atoms with Crippen molar-refractivity contribution in [3.05, 3.63) is 18.0 Å². The van der Waals surface area contributed by atoms with E-state index in [4.69, 9.17) is 0 Å². The maximum Gasteiger partial charge on any atom is 0.236 e. The lowest BCUT2D eigenvalue weighted by Gasteiger charge is -2.36. The Balaban J connectivity index is 1.63. The van der Waals surface area contributed by atoms with Gasteiger partial charge in [0, 0.05) is 64.3 Å². The van der Waals surface area contributed by atoms with Gasteiger partial charge >= 0.3 is 0 Å². The van der Waals surface area contributed by atoms with Crippen LogP contribution < -0.4 is 0 Å². The third-order valence-electron chi connectivity index (χ3n) is 5.01. The molecule has 0 aliphatic carbocycles. The van der Waals surface area contributed by atoms with Gasteiger partial charge in [-0.1, -0.05) is 11.8 Å². The van der Waals surface area contributed by atoms with Gasteiger partial charge in [0.25, 0.3) is 0 Å². The maximum atomic E-state index is 12.0. The molecule has 24 heavy (non-hydrogen) atoms. The minimum atomic E-state index is 0.198. The van der Waals surface area contributed by atoms with Crippen molar-refractivity contribution in [1.82, 2.24) is 24.7 Å². The molecule has 1 aromatic heterocycles. The lowest BCUT2D eigenvalue weighted by Crippen LogP contribution is -2.44. The van der Waals surface area contributed by atoms with Crippen molar-refractivity contribution in [1.29, 1.82) is 0 Å². The second kappa shape index (κ2) is 7.80. The Hall–Kier alpha value is -1.18. The fourth-order valence-corrected chi connectivity index (χ4v) is 4.01. The molecule has 3 saturated heterocycles. The van der Waals surface area contributed by atoms with E-state index in [2.05, 4.69) is 19.8 Å². The van der Waals surface area contributed by atoms with Gasteiger partial charge < -0.3 is 4.90 Å². The summed E-state index contributed by atoms with van der Waals surface area (Å²) in [5, 5.41) is 0.824. The first-order chi connectivity index (χ1) is 11.5. The summed E-state index contributed by atoms with van der Waals surface area (Å²) in [6.07, 6.45) is 8.39. The Morgan fingerprint density at radius 2 is 2.00 bits per heavy atom. The summed E-state index contributed by atoms with van der Waals surface area (Å²) >= 11 is 1.57. The van der Waals surface area contributed by atoms with Gasteiger partial charge in [-0.2, -0.15) is 0 Å². The van der Waals surface area contributed by atoms with Crippen LogP contribution in [0.15, 0.2) is 17.6 Å². The second-order valence-corrected chi connectivity index (χ2v) is 7.86. The summed E-state index contributed by atoms with van der Waals surface area (Å²) in [5.41, 5.74) is 1.18. The SMILES string of the molecule is CSc1ncc(CN2C[C@@H]3CC[C@H]2CN(CC(=O)N(C)C)C3)cn1. The van der Waals surface area contributed by atoms with E-state index in [9.17, 15) is 4.79 Å². The highest BCUT2D eigenvalue weighted by atomic mass is 32.2. The van der Waals surface area contributed by atoms with E-state index >= 15 is 0 Å². The van der Waals surface area contributed by atoms with E-state index in [1.165, 1.54) is 18.4 Å². The third-order valence-corrected chi connectivity index (χ3v) is 5.59. The molecule has 3 fully saturated rings. The molecular weight excluding hydrogens is 322 g/mol. The number of carbonyl (C=O) groups excluding carboxylic acids is 1. The van der Waals surface area contributed by atoms with Crippen molar-refractivity contribution < 1.29 is 4.79 Å². The molecule has 4 heterocycles. The smallest absolute Gasteiger partial charge is 0.236 e. The summed E-state index contributed by atoms with van der Waals surface area (Å²) in [4.78, 5) is 27.4. The summed E-state index contributed by atoms with van der Waals surface area (Å²) in [5.74, 6) is 0.856. The number of rotatable bonds is 5. The topological polar surface area (TPSA) is 52.6 Å². The van der Waals surface area contributed by atoms with Gasteiger partial charge in [-0.15, -0.1) is 0 Å². The first kappa shape index (κ1) is 17.6. The molecule has 0 N–H and O–H groups in total. The molecule has 1 amide bonds. The Kier molecular flexibility index (Phi) is 5.73. The van der Waals surface area contributed by atoms with E-state index in [1.807, 2.05) is 32.7 Å². The van der Waals surface area contributed by atoms with Crippen LogP contribution in [0.3, 0.4) is 0 Å². The lowest BCUT2D eigenvalue weighted by atomic mass is 9.95. The summed E-state index contributed by atoms with van der Waals surface area (Å²) < 4.78 is 0. The molecule has 2 atom stereocenters.